The fourth-order valence-electron chi connectivity index (χ4n) is 2.31. The van der Waals surface area contributed by atoms with Crippen molar-refractivity contribution < 1.29 is 14.6 Å². The Morgan fingerprint density at radius 3 is 2.00 bits per heavy atom. The number of phenolic OH excluding ortho intramolecular Hbond substituents is 1. The van der Waals surface area contributed by atoms with Crippen LogP contribution in [-0.2, 0) is 12.8 Å². The number of phenols is 1. The van der Waals surface area contributed by atoms with Gasteiger partial charge in [0.1, 0.15) is 17.2 Å². The number of rotatable bonds is 0. The van der Waals surface area contributed by atoms with Gasteiger partial charge in [-0.05, 0) is 25.7 Å². The van der Waals surface area contributed by atoms with E-state index in [9.17, 15) is 5.11 Å². The molecule has 15 heavy (non-hydrogen) atoms. The molecule has 2 heterocycles. The lowest BCUT2D eigenvalue weighted by Crippen LogP contribution is -2.13. The first-order valence-corrected chi connectivity index (χ1v) is 5.49. The monoisotopic (exact) mass is 206 g/mol. The molecule has 3 nitrogen and oxygen atoms in total. The predicted octanol–water partition coefficient (Wildman–Crippen LogP) is 2.04. The topological polar surface area (TPSA) is 38.7 Å². The lowest BCUT2D eigenvalue weighted by molar-refractivity contribution is 0.262. The number of fused-ring (bicyclic) bond motifs is 2. The van der Waals surface area contributed by atoms with E-state index in [0.29, 0.717) is 5.75 Å². The van der Waals surface area contributed by atoms with Crippen molar-refractivity contribution in [2.45, 2.75) is 25.7 Å². The third-order valence-corrected chi connectivity index (χ3v) is 3.09. The van der Waals surface area contributed by atoms with E-state index in [0.717, 1.165) is 61.5 Å². The Morgan fingerprint density at radius 2 is 1.47 bits per heavy atom. The highest BCUT2D eigenvalue weighted by molar-refractivity contribution is 5.57. The molecule has 0 amide bonds. The van der Waals surface area contributed by atoms with Gasteiger partial charge in [-0.2, -0.15) is 0 Å². The van der Waals surface area contributed by atoms with Crippen molar-refractivity contribution in [3.63, 3.8) is 0 Å². The number of hydrogen-bond acceptors (Lipinski definition) is 3. The largest absolute Gasteiger partial charge is 0.507 e. The van der Waals surface area contributed by atoms with Crippen molar-refractivity contribution in [1.82, 2.24) is 0 Å². The molecule has 2 aliphatic heterocycles. The predicted molar refractivity (Wildman–Crippen MR) is 55.7 cm³/mol. The van der Waals surface area contributed by atoms with Crippen molar-refractivity contribution >= 4 is 0 Å². The van der Waals surface area contributed by atoms with Gasteiger partial charge >= 0.3 is 0 Å². The molecular weight excluding hydrogens is 192 g/mol. The molecule has 0 fully saturated rings. The first kappa shape index (κ1) is 8.89. The molecule has 1 aromatic rings. The molecule has 0 saturated heterocycles. The number of benzene rings is 1. The molecule has 3 heteroatoms. The fourth-order valence-corrected chi connectivity index (χ4v) is 2.31. The molecule has 0 unspecified atom stereocenters. The maximum Gasteiger partial charge on any atom is 0.129 e. The third kappa shape index (κ3) is 1.34. The molecule has 2 aliphatic rings. The van der Waals surface area contributed by atoms with E-state index >= 15 is 0 Å². The van der Waals surface area contributed by atoms with Crippen LogP contribution in [0.15, 0.2) is 6.07 Å². The Hall–Kier alpha value is -1.38. The summed E-state index contributed by atoms with van der Waals surface area (Å²) < 4.78 is 11.1. The quantitative estimate of drug-likeness (QED) is 0.706. The van der Waals surface area contributed by atoms with Gasteiger partial charge in [-0.15, -0.1) is 0 Å². The third-order valence-electron chi connectivity index (χ3n) is 3.09. The Balaban J connectivity index is 2.16. The highest BCUT2D eigenvalue weighted by atomic mass is 16.5. The van der Waals surface area contributed by atoms with Gasteiger partial charge in [0.2, 0.25) is 0 Å². The van der Waals surface area contributed by atoms with E-state index in [4.69, 9.17) is 9.47 Å². The van der Waals surface area contributed by atoms with Crippen molar-refractivity contribution in [3.8, 4) is 17.2 Å². The number of hydrogen-bond donors (Lipinski definition) is 1. The molecule has 0 bridgehead atoms. The van der Waals surface area contributed by atoms with E-state index < -0.39 is 0 Å². The van der Waals surface area contributed by atoms with E-state index in [-0.39, 0.29) is 0 Å². The maximum atomic E-state index is 10.1. The average Bonchev–Trinajstić information content (AvgIpc) is 2.30. The van der Waals surface area contributed by atoms with Crippen LogP contribution in [0.2, 0.25) is 0 Å². The van der Waals surface area contributed by atoms with Crippen molar-refractivity contribution in [2.24, 2.45) is 0 Å². The lowest BCUT2D eigenvalue weighted by Gasteiger charge is -2.24. The minimum Gasteiger partial charge on any atom is -0.507 e. The zero-order valence-electron chi connectivity index (χ0n) is 8.58. The van der Waals surface area contributed by atoms with Crippen LogP contribution in [0.5, 0.6) is 17.2 Å². The van der Waals surface area contributed by atoms with E-state index in [2.05, 4.69) is 0 Å². The second-order valence-electron chi connectivity index (χ2n) is 4.08. The van der Waals surface area contributed by atoms with Gasteiger partial charge in [-0.3, -0.25) is 0 Å². The summed E-state index contributed by atoms with van der Waals surface area (Å²) in [7, 11) is 0. The number of aromatic hydroxyl groups is 1. The van der Waals surface area contributed by atoms with Gasteiger partial charge in [0.25, 0.3) is 0 Å². The summed E-state index contributed by atoms with van der Waals surface area (Å²) in [5.74, 6) is 2.01. The second-order valence-corrected chi connectivity index (χ2v) is 4.08. The van der Waals surface area contributed by atoms with Crippen LogP contribution >= 0.6 is 0 Å². The van der Waals surface area contributed by atoms with Crippen LogP contribution in [-0.4, -0.2) is 18.3 Å². The molecule has 1 N–H and O–H groups in total. The smallest absolute Gasteiger partial charge is 0.129 e. The zero-order chi connectivity index (χ0) is 10.3. The van der Waals surface area contributed by atoms with Gasteiger partial charge < -0.3 is 14.6 Å². The van der Waals surface area contributed by atoms with Crippen LogP contribution in [0.3, 0.4) is 0 Å². The average molecular weight is 206 g/mol. The van der Waals surface area contributed by atoms with Gasteiger partial charge in [0.15, 0.2) is 0 Å². The Kier molecular flexibility index (Phi) is 1.97. The van der Waals surface area contributed by atoms with Crippen LogP contribution < -0.4 is 9.47 Å². The number of ether oxygens (including phenoxy) is 2. The molecular formula is C12H14O3. The molecule has 0 spiro atoms. The fraction of sp³-hybridized carbons (Fsp3) is 0.500. The molecule has 0 atom stereocenters. The molecule has 0 aromatic heterocycles. The Morgan fingerprint density at radius 1 is 0.933 bits per heavy atom. The summed E-state index contributed by atoms with van der Waals surface area (Å²) in [6, 6.07) is 1.93. The summed E-state index contributed by atoms with van der Waals surface area (Å²) in [6.45, 7) is 1.48. The van der Waals surface area contributed by atoms with Gasteiger partial charge in [0, 0.05) is 17.2 Å². The molecule has 80 valence electrons. The first-order valence-electron chi connectivity index (χ1n) is 5.49. The van der Waals surface area contributed by atoms with Crippen LogP contribution in [0, 0.1) is 0 Å². The summed E-state index contributed by atoms with van der Waals surface area (Å²) in [5, 5.41) is 10.1. The van der Waals surface area contributed by atoms with Gasteiger partial charge in [0.05, 0.1) is 13.2 Å². The van der Waals surface area contributed by atoms with Gasteiger partial charge in [-0.25, -0.2) is 0 Å². The summed E-state index contributed by atoms with van der Waals surface area (Å²) in [6.07, 6.45) is 3.79. The highest BCUT2D eigenvalue weighted by Crippen LogP contribution is 2.42. The Labute approximate surface area is 88.6 Å². The minimum absolute atomic E-state index is 0.405. The van der Waals surface area contributed by atoms with Crippen molar-refractivity contribution in [3.05, 3.63) is 17.2 Å². The van der Waals surface area contributed by atoms with E-state index in [1.807, 2.05) is 6.07 Å². The maximum absolute atomic E-state index is 10.1. The van der Waals surface area contributed by atoms with Crippen LogP contribution in [0.1, 0.15) is 24.0 Å². The zero-order valence-corrected chi connectivity index (χ0v) is 8.58. The van der Waals surface area contributed by atoms with Crippen molar-refractivity contribution in [2.75, 3.05) is 13.2 Å². The minimum atomic E-state index is 0.405. The standard InChI is InChI=1S/C12H14O3/c13-12-8-3-1-5-14-10(8)7-11-9(12)4-2-6-15-11/h7,13H,1-6H2. The molecule has 0 radical (unpaired) electrons. The van der Waals surface area contributed by atoms with Crippen LogP contribution in [0.4, 0.5) is 0 Å². The van der Waals surface area contributed by atoms with Gasteiger partial charge in [-0.1, -0.05) is 0 Å². The molecule has 0 aliphatic carbocycles. The van der Waals surface area contributed by atoms with Crippen molar-refractivity contribution in [1.29, 1.82) is 0 Å². The van der Waals surface area contributed by atoms with E-state index in [1.54, 1.807) is 0 Å². The highest BCUT2D eigenvalue weighted by Gasteiger charge is 2.23. The molecule has 0 saturated carbocycles. The SMILES string of the molecule is Oc1c2c(cc3c1CCCO3)OCCC2. The Bertz CT molecular complexity index is 364. The normalized spacial score (nSPS) is 18.4. The van der Waals surface area contributed by atoms with E-state index in [1.165, 1.54) is 0 Å². The van der Waals surface area contributed by atoms with Crippen LogP contribution in [0.25, 0.3) is 0 Å². The summed E-state index contributed by atoms with van der Waals surface area (Å²) in [5.41, 5.74) is 1.93. The summed E-state index contributed by atoms with van der Waals surface area (Å²) >= 11 is 0. The first-order chi connectivity index (χ1) is 7.36. The molecule has 3 rings (SSSR count). The second kappa shape index (κ2) is 3.33. The summed E-state index contributed by atoms with van der Waals surface area (Å²) in [4.78, 5) is 0. The lowest BCUT2D eigenvalue weighted by atomic mass is 9.97. The molecule has 1 aromatic carbocycles.